The summed E-state index contributed by atoms with van der Waals surface area (Å²) in [5.41, 5.74) is -4.41. The van der Waals surface area contributed by atoms with Gasteiger partial charge < -0.3 is 84.1 Å². The van der Waals surface area contributed by atoms with Crippen LogP contribution < -0.4 is 21.4 Å². The highest BCUT2D eigenvalue weighted by Gasteiger charge is 2.54. The number of benzene rings is 1. The molecule has 0 aliphatic carbocycles. The molecule has 4 heterocycles. The maximum absolute atomic E-state index is 14.5. The number of carbonyl (C=O) groups excluding carboxylic acids is 3. The number of aromatic carboxylic acids is 1. The van der Waals surface area contributed by atoms with Crippen molar-refractivity contribution < 1.29 is 77.9 Å². The van der Waals surface area contributed by atoms with Crippen molar-refractivity contribution in [3.8, 4) is 0 Å². The molecule has 0 radical (unpaired) electrons. The fourth-order valence-corrected chi connectivity index (χ4v) is 11.5. The average Bonchev–Trinajstić information content (AvgIpc) is 3.37. The normalized spacial score (nSPS) is 36.5. The van der Waals surface area contributed by atoms with E-state index in [2.05, 4.69) is 16.0 Å². The maximum Gasteiger partial charge on any atom is 0.341 e. The third-order valence-corrected chi connectivity index (χ3v) is 16.2. The van der Waals surface area contributed by atoms with Gasteiger partial charge in [-0.2, -0.15) is 0 Å². The first-order valence-corrected chi connectivity index (χ1v) is 27.7. The number of methoxy groups -OCH3 is 1. The lowest BCUT2D eigenvalue weighted by Crippen LogP contribution is -2.61. The van der Waals surface area contributed by atoms with Crippen LogP contribution in [0.25, 0.3) is 10.9 Å². The number of aromatic nitrogens is 1. The third-order valence-electron chi connectivity index (χ3n) is 16.2. The number of carboxylic acid groups (broad SMARTS) is 1. The lowest BCUT2D eigenvalue weighted by molar-refractivity contribution is -0.318. The maximum atomic E-state index is 14.5. The second-order valence-electron chi connectivity index (χ2n) is 22.9. The summed E-state index contributed by atoms with van der Waals surface area (Å²) in [6, 6.07) is 4.15. The molecule has 442 valence electrons. The van der Waals surface area contributed by atoms with Crippen molar-refractivity contribution in [1.82, 2.24) is 20.1 Å². The highest BCUT2D eigenvalue weighted by molar-refractivity contribution is 5.93. The van der Waals surface area contributed by atoms with Gasteiger partial charge in [0, 0.05) is 68.4 Å². The van der Waals surface area contributed by atoms with E-state index in [-0.39, 0.29) is 43.4 Å². The zero-order chi connectivity index (χ0) is 58.2. The third kappa shape index (κ3) is 15.4. The Morgan fingerprint density at radius 3 is 2.22 bits per heavy atom. The summed E-state index contributed by atoms with van der Waals surface area (Å²) in [6.45, 7) is 20.3. The van der Waals surface area contributed by atoms with Gasteiger partial charge in [-0.15, -0.1) is 0 Å². The number of carbonyl (C=O) groups is 4. The number of unbranched alkanes of at least 4 members (excludes halogenated alkanes) is 1. The molecule has 3 fully saturated rings. The molecular formula is C56H91N5O17. The number of likely N-dealkylation sites (N-methyl/N-ethyl adjacent to an activating group) is 1. The SMILES string of the molecule is CC[C@H]1OC(=O)[C@H](C)[C@@H](O[C@H]2C[C@@](C)(OC)[C@@H](OC(=O)CCNCCCCNc3ccc4c(=O)c(C(=O)O)cn(CC)c4c3)[C@H](C)O2)[C@H](C)[C@@H](O[C@@H]2O[C@H](C)C[C@H](N(C)C)[C@H]2O)[C@](C)(O)C[C@@H](C)NC(=O)[C@H](C)[C@@H](O)[C@]1(C)O. The summed E-state index contributed by atoms with van der Waals surface area (Å²) >= 11 is 0. The predicted octanol–water partition coefficient (Wildman–Crippen LogP) is 3.54. The van der Waals surface area contributed by atoms with Gasteiger partial charge in [0.2, 0.25) is 11.3 Å². The quantitative estimate of drug-likeness (QED) is 0.0737. The van der Waals surface area contributed by atoms with Crippen LogP contribution in [0.15, 0.2) is 29.2 Å². The van der Waals surface area contributed by atoms with E-state index in [9.17, 15) is 49.5 Å². The van der Waals surface area contributed by atoms with Gasteiger partial charge in [0.15, 0.2) is 18.7 Å². The molecule has 0 saturated carbocycles. The second kappa shape index (κ2) is 27.4. The van der Waals surface area contributed by atoms with Crippen LogP contribution in [0.3, 0.4) is 0 Å². The van der Waals surface area contributed by atoms with Gasteiger partial charge in [0.05, 0.1) is 59.9 Å². The van der Waals surface area contributed by atoms with E-state index in [1.807, 2.05) is 38.9 Å². The van der Waals surface area contributed by atoms with Crippen LogP contribution in [-0.4, -0.2) is 190 Å². The number of fused-ring (bicyclic) bond motifs is 1. The van der Waals surface area contributed by atoms with E-state index in [1.165, 1.54) is 34.1 Å². The highest BCUT2D eigenvalue weighted by Crippen LogP contribution is 2.40. The van der Waals surface area contributed by atoms with Gasteiger partial charge in [-0.25, -0.2) is 4.79 Å². The molecule has 18 atom stereocenters. The average molecular weight is 1110 g/mol. The molecule has 22 nitrogen and oxygen atoms in total. The van der Waals surface area contributed by atoms with Gasteiger partial charge in [0.25, 0.3) is 0 Å². The van der Waals surface area contributed by atoms with E-state index >= 15 is 0 Å². The van der Waals surface area contributed by atoms with E-state index in [0.717, 1.165) is 18.5 Å². The number of aryl methyl sites for hydroxylation is 1. The number of hydrogen-bond donors (Lipinski definition) is 8. The number of esters is 2. The molecule has 1 aromatic heterocycles. The summed E-state index contributed by atoms with van der Waals surface area (Å²) in [5, 5.41) is 66.9. The summed E-state index contributed by atoms with van der Waals surface area (Å²) < 4.78 is 46.2. The standard InChI is InChI=1S/C56H91N5O17/c1-15-41-56(11,71)47(65)34(7)50(66)59-30(3)27-54(9,70)48(78-53-45(64)40(60(12)13)25-31(4)73-53)32(5)46(33(6)52(69)75-41)77-43-28-55(10,72-14)49(35(8)74-43)76-42(62)21-24-57-22-17-18-23-58-36-19-20-37-39(26-36)61(16-2)29-38(44(37)63)51(67)68/h19-20,26,29-35,40-41,43,45-49,53,57-58,64-65,70-71H,15-18,21-25,27-28H2,1-14H3,(H,59,66)(H,67,68)/t30-,31-,32+,33-,34-,35+,40+,41-,43+,45-,46+,47-,48-,49+,53+,54-,55-,56-/m1/s1. The Morgan fingerprint density at radius 1 is 0.910 bits per heavy atom. The van der Waals surface area contributed by atoms with E-state index < -0.39 is 125 Å². The molecular weight excluding hydrogens is 1010 g/mol. The van der Waals surface area contributed by atoms with Crippen molar-refractivity contribution in [2.24, 2.45) is 17.8 Å². The monoisotopic (exact) mass is 1110 g/mol. The van der Waals surface area contributed by atoms with Crippen molar-refractivity contribution in [3.05, 3.63) is 40.2 Å². The molecule has 3 saturated heterocycles. The number of nitrogens with zero attached hydrogens (tertiary/aromatic N) is 2. The van der Waals surface area contributed by atoms with Crippen LogP contribution in [-0.2, 0) is 54.1 Å². The van der Waals surface area contributed by atoms with Crippen molar-refractivity contribution in [2.45, 2.75) is 218 Å². The fourth-order valence-electron chi connectivity index (χ4n) is 11.5. The number of amides is 1. The van der Waals surface area contributed by atoms with Gasteiger partial charge in [-0.3, -0.25) is 19.2 Å². The van der Waals surface area contributed by atoms with E-state index in [1.54, 1.807) is 58.2 Å². The minimum atomic E-state index is -2.08. The molecule has 1 aromatic carbocycles. The molecule has 0 bridgehead atoms. The first-order valence-electron chi connectivity index (χ1n) is 27.7. The highest BCUT2D eigenvalue weighted by atomic mass is 16.7. The Balaban J connectivity index is 1.29. The minimum absolute atomic E-state index is 0.0139. The Labute approximate surface area is 459 Å². The number of carboxylic acids is 1. The number of aliphatic hydroxyl groups is 4. The van der Waals surface area contributed by atoms with Gasteiger partial charge in [-0.1, -0.05) is 20.8 Å². The first kappa shape index (κ1) is 64.5. The number of rotatable bonds is 19. The number of pyridine rings is 1. The number of nitrogens with one attached hydrogen (secondary N) is 3. The molecule has 3 aliphatic rings. The largest absolute Gasteiger partial charge is 0.477 e. The van der Waals surface area contributed by atoms with Crippen molar-refractivity contribution >= 4 is 40.4 Å². The molecule has 0 unspecified atom stereocenters. The Hall–Kier alpha value is -4.33. The summed E-state index contributed by atoms with van der Waals surface area (Å²) in [4.78, 5) is 67.8. The number of hydrogen-bond acceptors (Lipinski definition) is 19. The van der Waals surface area contributed by atoms with Crippen molar-refractivity contribution in [1.29, 1.82) is 0 Å². The van der Waals surface area contributed by atoms with E-state index in [4.69, 9.17) is 33.2 Å². The van der Waals surface area contributed by atoms with Crippen LogP contribution in [0, 0.1) is 17.8 Å². The first-order chi connectivity index (χ1) is 36.5. The summed E-state index contributed by atoms with van der Waals surface area (Å²) in [7, 11) is 5.17. The van der Waals surface area contributed by atoms with Gasteiger partial charge in [-0.05, 0) is 126 Å². The molecule has 5 rings (SSSR count). The van der Waals surface area contributed by atoms with Crippen LogP contribution >= 0.6 is 0 Å². The predicted molar refractivity (Wildman–Crippen MR) is 290 cm³/mol. The second-order valence-corrected chi connectivity index (χ2v) is 22.9. The van der Waals surface area contributed by atoms with Gasteiger partial charge >= 0.3 is 17.9 Å². The fraction of sp³-hybridized carbons (Fsp3) is 0.768. The molecule has 2 aromatic rings. The number of aliphatic hydroxyl groups excluding tert-OH is 2. The van der Waals surface area contributed by atoms with Crippen LogP contribution in [0.4, 0.5) is 5.69 Å². The Kier molecular flexibility index (Phi) is 22.7. The zero-order valence-electron chi connectivity index (χ0n) is 48.3. The smallest absolute Gasteiger partial charge is 0.341 e. The summed E-state index contributed by atoms with van der Waals surface area (Å²) in [6.07, 6.45) is -7.43. The zero-order valence-corrected chi connectivity index (χ0v) is 48.3. The van der Waals surface area contributed by atoms with Crippen LogP contribution in [0.2, 0.25) is 0 Å². The Bertz CT molecular complexity index is 2400. The number of anilines is 1. The number of cyclic esters (lactones) is 1. The van der Waals surface area contributed by atoms with Gasteiger partial charge in [0.1, 0.15) is 29.0 Å². The van der Waals surface area contributed by atoms with Crippen molar-refractivity contribution in [3.63, 3.8) is 0 Å². The molecule has 22 heteroatoms. The van der Waals surface area contributed by atoms with E-state index in [0.29, 0.717) is 43.5 Å². The molecule has 0 spiro atoms. The minimum Gasteiger partial charge on any atom is -0.477 e. The van der Waals surface area contributed by atoms with Crippen LogP contribution in [0.1, 0.15) is 131 Å². The van der Waals surface area contributed by atoms with Crippen molar-refractivity contribution in [2.75, 3.05) is 46.2 Å². The molecule has 3 aliphatic heterocycles. The number of ether oxygens (including phenoxy) is 7. The van der Waals surface area contributed by atoms with Crippen LogP contribution in [0.5, 0.6) is 0 Å². The lowest BCUT2D eigenvalue weighted by Gasteiger charge is -2.49. The Morgan fingerprint density at radius 2 is 1.59 bits per heavy atom. The topological polar surface area (TPSA) is 295 Å². The molecule has 78 heavy (non-hydrogen) atoms. The molecule has 1 amide bonds. The molecule has 8 N–H and O–H groups in total. The summed E-state index contributed by atoms with van der Waals surface area (Å²) in [5.74, 6) is -6.42. The lowest BCUT2D eigenvalue weighted by atomic mass is 9.78.